The van der Waals surface area contributed by atoms with Crippen molar-refractivity contribution in [3.8, 4) is 11.5 Å². The molecule has 3 atom stereocenters. The Hall–Kier alpha value is -3.93. The second-order valence-corrected chi connectivity index (χ2v) is 10.9. The summed E-state index contributed by atoms with van der Waals surface area (Å²) >= 11 is 0. The average Bonchev–Trinajstić information content (AvgIpc) is 3.76. The number of fused-ring (bicyclic) bond motifs is 1. The molecule has 224 valence electrons. The van der Waals surface area contributed by atoms with Gasteiger partial charge in [0.05, 0.1) is 19.1 Å². The molecule has 1 saturated heterocycles. The summed E-state index contributed by atoms with van der Waals surface area (Å²) in [6.45, 7) is 3.74. The highest BCUT2D eigenvalue weighted by atomic mass is 16.7. The van der Waals surface area contributed by atoms with Crippen molar-refractivity contribution in [2.45, 2.75) is 57.8 Å². The summed E-state index contributed by atoms with van der Waals surface area (Å²) < 4.78 is 12.9. The van der Waals surface area contributed by atoms with E-state index in [1.54, 1.807) is 21.8 Å². The number of aryl methyl sites for hydroxylation is 1. The van der Waals surface area contributed by atoms with Gasteiger partial charge in [-0.25, -0.2) is 0 Å². The quantitative estimate of drug-likeness (QED) is 0.279. The lowest BCUT2D eigenvalue weighted by molar-refractivity contribution is -0.143. The largest absolute Gasteiger partial charge is 0.481 e. The van der Waals surface area contributed by atoms with Crippen molar-refractivity contribution in [2.24, 2.45) is 11.7 Å². The zero-order chi connectivity index (χ0) is 29.6. The highest BCUT2D eigenvalue weighted by Gasteiger charge is 2.47. The molecular weight excluding hydrogens is 538 g/mol. The van der Waals surface area contributed by atoms with Gasteiger partial charge in [-0.3, -0.25) is 19.2 Å². The molecule has 1 fully saturated rings. The molecule has 0 spiro atoms. The number of unbranched alkanes of at least 4 members (excludes halogenated alkanes) is 1. The number of aliphatic hydroxyl groups is 1. The number of ether oxygens (including phenoxy) is 2. The van der Waals surface area contributed by atoms with Crippen molar-refractivity contribution < 1.29 is 29.3 Å². The lowest BCUT2D eigenvalue weighted by atomic mass is 9.83. The van der Waals surface area contributed by atoms with E-state index < -0.39 is 23.8 Å². The zero-order valence-corrected chi connectivity index (χ0v) is 23.9. The first-order valence-corrected chi connectivity index (χ1v) is 14.5. The van der Waals surface area contributed by atoms with Crippen LogP contribution in [-0.4, -0.2) is 69.2 Å². The minimum Gasteiger partial charge on any atom is -0.481 e. The third-order valence-electron chi connectivity index (χ3n) is 8.25. The Bertz CT molecular complexity index is 1380. The van der Waals surface area contributed by atoms with Crippen LogP contribution >= 0.6 is 0 Å². The number of likely N-dealkylation sites (tertiary alicyclic amines) is 1. The zero-order valence-electron chi connectivity index (χ0n) is 23.9. The van der Waals surface area contributed by atoms with Crippen LogP contribution in [0.5, 0.6) is 11.5 Å². The number of nitrogens with two attached hydrogens (primary N) is 1. The van der Waals surface area contributed by atoms with Gasteiger partial charge in [0.15, 0.2) is 11.5 Å². The predicted molar refractivity (Wildman–Crippen MR) is 156 cm³/mol. The maximum Gasteiger partial charge on any atom is 0.308 e. The van der Waals surface area contributed by atoms with Gasteiger partial charge in [0.1, 0.15) is 0 Å². The molecular formula is C31H39N5O6. The van der Waals surface area contributed by atoms with Crippen LogP contribution in [0, 0.1) is 5.92 Å². The fraction of sp³-hybridized carbons (Fsp3) is 0.452. The predicted octanol–water partition coefficient (Wildman–Crippen LogP) is 2.96. The van der Waals surface area contributed by atoms with Gasteiger partial charge in [-0.15, -0.1) is 0 Å². The monoisotopic (exact) mass is 577 g/mol. The van der Waals surface area contributed by atoms with Gasteiger partial charge in [0, 0.05) is 61.8 Å². The number of carboxylic acids is 1. The van der Waals surface area contributed by atoms with Gasteiger partial charge in [-0.1, -0.05) is 25.5 Å². The van der Waals surface area contributed by atoms with Gasteiger partial charge >= 0.3 is 5.97 Å². The minimum atomic E-state index is -0.929. The van der Waals surface area contributed by atoms with Gasteiger partial charge in [0.2, 0.25) is 12.7 Å². The van der Waals surface area contributed by atoms with E-state index in [9.17, 15) is 19.8 Å². The van der Waals surface area contributed by atoms with E-state index in [4.69, 9.17) is 15.2 Å². The molecule has 0 radical (unpaired) electrons. The maximum absolute atomic E-state index is 14.0. The Morgan fingerprint density at radius 2 is 2.05 bits per heavy atom. The molecule has 0 unspecified atom stereocenters. The summed E-state index contributed by atoms with van der Waals surface area (Å²) in [6.07, 6.45) is 5.80. The van der Waals surface area contributed by atoms with E-state index in [2.05, 4.69) is 12.0 Å². The van der Waals surface area contributed by atoms with Gasteiger partial charge < -0.3 is 30.3 Å². The summed E-state index contributed by atoms with van der Waals surface area (Å²) in [5.41, 5.74) is 8.91. The lowest BCUT2D eigenvalue weighted by Crippen LogP contribution is -2.45. The van der Waals surface area contributed by atoms with Crippen molar-refractivity contribution in [3.05, 3.63) is 71.5 Å². The molecule has 3 heterocycles. The van der Waals surface area contributed by atoms with Crippen LogP contribution in [0.15, 0.2) is 54.9 Å². The Balaban J connectivity index is 1.47. The number of hydrogen-bond acceptors (Lipinski definition) is 8. The molecule has 42 heavy (non-hydrogen) atoms. The summed E-state index contributed by atoms with van der Waals surface area (Å²) in [4.78, 5) is 30.7. The Morgan fingerprint density at radius 1 is 1.19 bits per heavy atom. The number of anilines is 1. The molecule has 1 aromatic heterocycles. The smallest absolute Gasteiger partial charge is 0.308 e. The lowest BCUT2D eigenvalue weighted by Gasteiger charge is -2.30. The fourth-order valence-corrected chi connectivity index (χ4v) is 6.15. The second-order valence-electron chi connectivity index (χ2n) is 10.9. The molecule has 2 aliphatic heterocycles. The van der Waals surface area contributed by atoms with E-state index in [0.717, 1.165) is 29.7 Å². The molecule has 2 aliphatic rings. The molecule has 0 aliphatic carbocycles. The van der Waals surface area contributed by atoms with Gasteiger partial charge in [-0.05, 0) is 54.3 Å². The highest BCUT2D eigenvalue weighted by molar-refractivity contribution is 5.95. The van der Waals surface area contributed by atoms with E-state index in [-0.39, 0.29) is 25.9 Å². The van der Waals surface area contributed by atoms with E-state index >= 15 is 0 Å². The van der Waals surface area contributed by atoms with Crippen LogP contribution in [0.4, 0.5) is 5.69 Å². The topological polar surface area (TPSA) is 143 Å². The summed E-state index contributed by atoms with van der Waals surface area (Å²) in [6, 6.07) is 12.7. The van der Waals surface area contributed by atoms with Gasteiger partial charge in [-0.2, -0.15) is 5.10 Å². The van der Waals surface area contributed by atoms with Crippen LogP contribution in [0.3, 0.4) is 0 Å². The summed E-state index contributed by atoms with van der Waals surface area (Å²) in [5.74, 6) is -1.25. The molecule has 11 heteroatoms. The van der Waals surface area contributed by atoms with Crippen molar-refractivity contribution >= 4 is 17.6 Å². The molecule has 2 aromatic carbocycles. The number of carboxylic acid groups (broad SMARTS) is 1. The number of carbonyl (C=O) groups excluding carboxylic acids is 1. The van der Waals surface area contributed by atoms with Gasteiger partial charge in [0.25, 0.3) is 0 Å². The number of hydrogen-bond donors (Lipinski definition) is 3. The van der Waals surface area contributed by atoms with Crippen LogP contribution in [0.1, 0.15) is 48.8 Å². The van der Waals surface area contributed by atoms with Crippen LogP contribution in [0.2, 0.25) is 0 Å². The fourth-order valence-electron chi connectivity index (χ4n) is 6.15. The number of benzene rings is 2. The maximum atomic E-state index is 14.0. The third-order valence-corrected chi connectivity index (χ3v) is 8.25. The van der Waals surface area contributed by atoms with Crippen LogP contribution in [-0.2, 0) is 29.3 Å². The number of aromatic nitrogens is 2. The minimum absolute atomic E-state index is 0.0465. The van der Waals surface area contributed by atoms with E-state index in [1.165, 1.54) is 0 Å². The summed E-state index contributed by atoms with van der Waals surface area (Å²) in [7, 11) is 0. The van der Waals surface area contributed by atoms with E-state index in [0.29, 0.717) is 49.7 Å². The standard InChI is InChI=1S/C31H39N5O6/c1-2-3-11-36(24-7-4-6-21(13-24)16-32)28(38)18-34-17-25(22-14-23(19-37)30-27(15-22)41-20-42-30)29(31(39)40)26(34)8-12-35-10-5-9-33-35/h4-7,9-10,13-15,25-26,29,37H,2-3,8,11-12,16-20,32H2,1H3,(H,39,40)/t25-,26+,29-/m1/s1. The first-order chi connectivity index (χ1) is 20.4. The molecule has 1 amide bonds. The number of nitrogens with zero attached hydrogens (tertiary/aromatic N) is 4. The number of rotatable bonds is 13. The van der Waals surface area contributed by atoms with Crippen molar-refractivity contribution in [3.63, 3.8) is 0 Å². The van der Waals surface area contributed by atoms with Crippen molar-refractivity contribution in [1.29, 1.82) is 0 Å². The Kier molecular flexibility index (Phi) is 9.41. The highest BCUT2D eigenvalue weighted by Crippen LogP contribution is 2.44. The molecule has 3 aromatic rings. The van der Waals surface area contributed by atoms with Crippen LogP contribution in [0.25, 0.3) is 0 Å². The molecule has 11 nitrogen and oxygen atoms in total. The Morgan fingerprint density at radius 3 is 2.76 bits per heavy atom. The number of carbonyl (C=O) groups is 2. The van der Waals surface area contributed by atoms with Crippen molar-refractivity contribution in [2.75, 3.05) is 31.3 Å². The first-order valence-electron chi connectivity index (χ1n) is 14.5. The molecule has 5 rings (SSSR count). The normalized spacial score (nSPS) is 19.7. The summed E-state index contributed by atoms with van der Waals surface area (Å²) in [5, 5.41) is 24.8. The van der Waals surface area contributed by atoms with Crippen LogP contribution < -0.4 is 20.1 Å². The first kappa shape index (κ1) is 29.6. The molecule has 0 saturated carbocycles. The number of amides is 1. The average molecular weight is 578 g/mol. The Labute approximate surface area is 245 Å². The molecule has 0 bridgehead atoms. The number of aliphatic hydroxyl groups excluding tert-OH is 1. The van der Waals surface area contributed by atoms with Crippen molar-refractivity contribution in [1.82, 2.24) is 14.7 Å². The molecule has 4 N–H and O–H groups in total. The number of aliphatic carboxylic acids is 1. The SMILES string of the molecule is CCCCN(C(=O)CN1C[C@H](c2cc(CO)c3c(c2)OCO3)[C@@H](C(=O)O)[C@@H]1CCn1cccn1)c1cccc(CN)c1. The second kappa shape index (κ2) is 13.4. The third kappa shape index (κ3) is 6.28. The van der Waals surface area contributed by atoms with E-state index in [1.807, 2.05) is 47.5 Å².